The quantitative estimate of drug-likeness (QED) is 0.283. The van der Waals surface area contributed by atoms with Gasteiger partial charge in [-0.15, -0.1) is 0 Å². The molecular weight excluding hydrogens is 428 g/mol. The molecule has 0 amide bonds. The highest BCUT2D eigenvalue weighted by atomic mass is 35.5. The molecule has 0 aliphatic carbocycles. The minimum Gasteiger partial charge on any atom is -0.249 e. The largest absolute Gasteiger partial charge is 0.253 e. The third kappa shape index (κ3) is 3.55. The monoisotopic (exact) mass is 442 g/mol. The molecule has 150 valence electrons. The van der Waals surface area contributed by atoms with Crippen molar-refractivity contribution in [2.24, 2.45) is 4.74 Å². The molecule has 4 aromatic rings. The molecule has 0 radical (unpaired) electrons. The summed E-state index contributed by atoms with van der Waals surface area (Å²) in [7, 11) is -2.93. The van der Waals surface area contributed by atoms with Crippen molar-refractivity contribution in [3.8, 4) is 0 Å². The van der Waals surface area contributed by atoms with E-state index in [1.165, 1.54) is 0 Å². The van der Waals surface area contributed by atoms with Crippen LogP contribution < -0.4 is 15.9 Å². The van der Waals surface area contributed by atoms with Gasteiger partial charge in [-0.25, -0.2) is 4.74 Å². The van der Waals surface area contributed by atoms with E-state index < -0.39 is 35.5 Å². The van der Waals surface area contributed by atoms with E-state index in [-0.39, 0.29) is 0 Å². The van der Waals surface area contributed by atoms with Gasteiger partial charge in [-0.3, -0.25) is 0 Å². The number of benzene rings is 3. The Hall–Kier alpha value is -2.88. The van der Waals surface area contributed by atoms with E-state index in [2.05, 4.69) is 4.98 Å². The zero-order valence-corrected chi connectivity index (χ0v) is 17.2. The molecule has 0 aliphatic rings. The first-order valence-corrected chi connectivity index (χ1v) is 11.1. The maximum atomic E-state index is 14.8. The highest BCUT2D eigenvalue weighted by Gasteiger charge is 2.30. The molecule has 0 saturated heterocycles. The third-order valence-electron chi connectivity index (χ3n) is 4.61. The fraction of sp³-hybridized carbons (Fsp3) is 0. The topological polar surface area (TPSA) is 25.2 Å². The number of nitrogens with zero attached hydrogens (tertiary/aromatic N) is 2. The Kier molecular flexibility index (Phi) is 5.76. The molecule has 1 aromatic heterocycles. The van der Waals surface area contributed by atoms with Gasteiger partial charge in [0.05, 0.1) is 7.05 Å². The Morgan fingerprint density at radius 2 is 1.03 bits per heavy atom. The summed E-state index contributed by atoms with van der Waals surface area (Å²) in [5.74, 6) is -4.27. The normalized spacial score (nSPS) is 11.3. The molecule has 0 bridgehead atoms. The fourth-order valence-corrected chi connectivity index (χ4v) is 7.03. The van der Waals surface area contributed by atoms with Gasteiger partial charge >= 0.3 is 0 Å². The summed E-state index contributed by atoms with van der Waals surface area (Å²) >= 11 is 6.02. The smallest absolute Gasteiger partial charge is 0.249 e. The highest BCUT2D eigenvalue weighted by molar-refractivity contribution is 7.87. The fourth-order valence-electron chi connectivity index (χ4n) is 3.27. The first-order chi connectivity index (χ1) is 14.5. The molecule has 0 unspecified atom stereocenters. The third-order valence-corrected chi connectivity index (χ3v) is 8.59. The Labute approximate surface area is 177 Å². The molecule has 0 atom stereocenters. The number of rotatable bonds is 4. The van der Waals surface area contributed by atoms with Gasteiger partial charge in [0.15, 0.2) is 0 Å². The molecule has 2 nitrogen and oxygen atoms in total. The van der Waals surface area contributed by atoms with Gasteiger partial charge in [0.2, 0.25) is 11.8 Å². The molecule has 0 saturated carbocycles. The number of pyridine rings is 1. The summed E-state index contributed by atoms with van der Waals surface area (Å²) < 4.78 is 47.5. The van der Waals surface area contributed by atoms with E-state index in [1.807, 2.05) is 91.0 Å². The lowest BCUT2D eigenvalue weighted by Crippen LogP contribution is -2.25. The van der Waals surface area contributed by atoms with E-state index in [1.54, 1.807) is 0 Å². The number of halogens is 4. The molecule has 0 aliphatic heterocycles. The molecule has 0 N–H and O–H groups in total. The van der Waals surface area contributed by atoms with Crippen LogP contribution in [0.15, 0.2) is 95.7 Å². The van der Waals surface area contributed by atoms with E-state index in [4.69, 9.17) is 16.3 Å². The Bertz CT molecular complexity index is 1100. The lowest BCUT2D eigenvalue weighted by molar-refractivity contribution is 0.450. The number of hydrogen-bond acceptors (Lipinski definition) is 2. The highest BCUT2D eigenvalue weighted by Crippen LogP contribution is 2.51. The van der Waals surface area contributed by atoms with Crippen LogP contribution >= 0.6 is 18.7 Å². The van der Waals surface area contributed by atoms with Crippen molar-refractivity contribution < 1.29 is 13.2 Å². The van der Waals surface area contributed by atoms with Crippen LogP contribution in [0, 0.1) is 17.7 Å². The first kappa shape index (κ1) is 20.4. The summed E-state index contributed by atoms with van der Waals surface area (Å²) in [5.41, 5.74) is -0.577. The van der Waals surface area contributed by atoms with Crippen molar-refractivity contribution in [2.75, 3.05) is 0 Å². The molecule has 3 aromatic carbocycles. The van der Waals surface area contributed by atoms with Crippen molar-refractivity contribution in [1.82, 2.24) is 4.98 Å². The predicted octanol–water partition coefficient (Wildman–Crippen LogP) is 5.96. The van der Waals surface area contributed by atoms with E-state index in [9.17, 15) is 13.2 Å². The van der Waals surface area contributed by atoms with Crippen molar-refractivity contribution >= 4 is 40.3 Å². The summed E-state index contributed by atoms with van der Waals surface area (Å²) in [6.07, 6.45) is 0. The van der Waals surface area contributed by atoms with E-state index >= 15 is 0 Å². The Balaban J connectivity index is 2.22. The lowest BCUT2D eigenvalue weighted by atomic mass is 10.4. The van der Waals surface area contributed by atoms with Gasteiger partial charge in [-0.1, -0.05) is 103 Å². The summed E-state index contributed by atoms with van der Waals surface area (Å²) in [4.78, 5) is 2.89. The second kappa shape index (κ2) is 8.47. The van der Waals surface area contributed by atoms with Crippen molar-refractivity contribution in [3.05, 3.63) is 114 Å². The second-order valence-electron chi connectivity index (χ2n) is 6.41. The molecule has 7 heteroatoms. The van der Waals surface area contributed by atoms with Crippen LogP contribution in [-0.4, -0.2) is 4.98 Å². The van der Waals surface area contributed by atoms with Crippen LogP contribution in [0.1, 0.15) is 0 Å². The van der Waals surface area contributed by atoms with Gasteiger partial charge in [0, 0.05) is 15.9 Å². The van der Waals surface area contributed by atoms with Gasteiger partial charge in [-0.05, 0) is 0 Å². The zero-order chi connectivity index (χ0) is 21.1. The van der Waals surface area contributed by atoms with Crippen molar-refractivity contribution in [1.29, 1.82) is 0 Å². The lowest BCUT2D eigenvalue weighted by Gasteiger charge is -2.27. The maximum absolute atomic E-state index is 14.8. The molecule has 4 rings (SSSR count). The number of aromatic nitrogens is 1. The molecular formula is C23H15ClF3N2P. The van der Waals surface area contributed by atoms with Crippen LogP contribution in [0.25, 0.3) is 0 Å². The number of hydrogen-bond donors (Lipinski definition) is 0. The Morgan fingerprint density at radius 1 is 0.633 bits per heavy atom. The standard InChI is InChI=1S/C23H15ClF3N2P/c24-19-21(20(25)23(27)28-22(19)26)29-30(16-10-4-1-5-11-16,17-12-6-2-7-13-17)18-14-8-3-9-15-18/h1-15H. The van der Waals surface area contributed by atoms with Crippen LogP contribution in [0.4, 0.5) is 18.9 Å². The average molecular weight is 443 g/mol. The zero-order valence-electron chi connectivity index (χ0n) is 15.5. The maximum Gasteiger partial charge on any atom is 0.253 e. The van der Waals surface area contributed by atoms with Crippen LogP contribution in [0.5, 0.6) is 0 Å². The minimum atomic E-state index is -2.93. The SMILES string of the molecule is Fc1nc(F)c(Cl)c(N=P(c2ccccc2)(c2ccccc2)c2ccccc2)c1F. The molecule has 0 fully saturated rings. The van der Waals surface area contributed by atoms with Crippen molar-refractivity contribution in [2.45, 2.75) is 0 Å². The van der Waals surface area contributed by atoms with Gasteiger partial charge in [0.25, 0.3) is 5.95 Å². The summed E-state index contributed by atoms with van der Waals surface area (Å²) in [5, 5.41) is 1.71. The van der Waals surface area contributed by atoms with Crippen molar-refractivity contribution in [3.63, 3.8) is 0 Å². The van der Waals surface area contributed by atoms with Gasteiger partial charge < -0.3 is 0 Å². The summed E-state index contributed by atoms with van der Waals surface area (Å²) in [6, 6.07) is 27.9. The predicted molar refractivity (Wildman–Crippen MR) is 116 cm³/mol. The molecule has 0 spiro atoms. The first-order valence-electron chi connectivity index (χ1n) is 9.03. The van der Waals surface area contributed by atoms with Gasteiger partial charge in [-0.2, -0.15) is 18.2 Å². The molecule has 1 heterocycles. The average Bonchev–Trinajstić information content (AvgIpc) is 2.80. The second-order valence-corrected chi connectivity index (χ2v) is 9.81. The summed E-state index contributed by atoms with van der Waals surface area (Å²) in [6.45, 7) is 0. The van der Waals surface area contributed by atoms with Gasteiger partial charge in [0.1, 0.15) is 10.7 Å². The van der Waals surface area contributed by atoms with Crippen LogP contribution in [-0.2, 0) is 0 Å². The Morgan fingerprint density at radius 3 is 1.43 bits per heavy atom. The van der Waals surface area contributed by atoms with Crippen LogP contribution in [0.2, 0.25) is 5.02 Å². The minimum absolute atomic E-state index is 0.577. The van der Waals surface area contributed by atoms with E-state index in [0.29, 0.717) is 0 Å². The molecule has 30 heavy (non-hydrogen) atoms. The van der Waals surface area contributed by atoms with E-state index in [0.717, 1.165) is 15.9 Å². The van der Waals surface area contributed by atoms with Crippen LogP contribution in [0.3, 0.4) is 0 Å².